The number of cyclic esters (lactones) is 1. The fourth-order valence-electron chi connectivity index (χ4n) is 2.34. The zero-order chi connectivity index (χ0) is 13.2. The third kappa shape index (κ3) is 2.19. The van der Waals surface area contributed by atoms with Gasteiger partial charge < -0.3 is 19.5 Å². The van der Waals surface area contributed by atoms with Crippen LogP contribution in [0, 0.1) is 0 Å². The number of amides is 1. The Balaban J connectivity index is 1.84. The zero-order valence-corrected chi connectivity index (χ0v) is 10.7. The minimum atomic E-state index is -0.306. The van der Waals surface area contributed by atoms with Crippen LogP contribution in [-0.4, -0.2) is 39.1 Å². The standard InChI is InChI=1S/C13H16N2O4/c1-14-5-4-10-7-17-13(16)15(10)9-2-3-11-12(6-9)19-8-18-11/h2-3,6,10,14H,4-5,7-8H2,1H3. The molecule has 2 aliphatic rings. The third-order valence-corrected chi connectivity index (χ3v) is 3.32. The van der Waals surface area contributed by atoms with Crippen molar-refractivity contribution in [2.45, 2.75) is 12.5 Å². The van der Waals surface area contributed by atoms with Crippen molar-refractivity contribution in [3.05, 3.63) is 18.2 Å². The first-order valence-corrected chi connectivity index (χ1v) is 6.30. The fraction of sp³-hybridized carbons (Fsp3) is 0.462. The summed E-state index contributed by atoms with van der Waals surface area (Å²) in [6.45, 7) is 1.49. The van der Waals surface area contributed by atoms with E-state index in [4.69, 9.17) is 14.2 Å². The molecular weight excluding hydrogens is 248 g/mol. The summed E-state index contributed by atoms with van der Waals surface area (Å²) < 4.78 is 15.7. The van der Waals surface area contributed by atoms with Crippen molar-refractivity contribution in [1.29, 1.82) is 0 Å². The van der Waals surface area contributed by atoms with Crippen LogP contribution in [0.3, 0.4) is 0 Å². The molecule has 0 radical (unpaired) electrons. The SMILES string of the molecule is CNCCC1COC(=O)N1c1ccc2c(c1)OCO2. The molecule has 0 aromatic heterocycles. The van der Waals surface area contributed by atoms with Crippen LogP contribution in [0.15, 0.2) is 18.2 Å². The maximum absolute atomic E-state index is 11.9. The molecule has 0 saturated carbocycles. The van der Waals surface area contributed by atoms with Crippen molar-refractivity contribution in [3.8, 4) is 11.5 Å². The highest BCUT2D eigenvalue weighted by Crippen LogP contribution is 2.37. The molecule has 3 rings (SSSR count). The summed E-state index contributed by atoms with van der Waals surface area (Å²) in [6.07, 6.45) is 0.538. The maximum Gasteiger partial charge on any atom is 0.414 e. The van der Waals surface area contributed by atoms with Crippen LogP contribution in [-0.2, 0) is 4.74 Å². The number of nitrogens with one attached hydrogen (secondary N) is 1. The first kappa shape index (κ1) is 12.1. The first-order valence-electron chi connectivity index (χ1n) is 6.30. The molecule has 1 N–H and O–H groups in total. The molecular formula is C13H16N2O4. The number of fused-ring (bicyclic) bond motifs is 1. The Morgan fingerprint density at radius 3 is 3.00 bits per heavy atom. The van der Waals surface area contributed by atoms with Gasteiger partial charge in [0.15, 0.2) is 11.5 Å². The molecule has 6 heteroatoms. The van der Waals surface area contributed by atoms with E-state index in [0.29, 0.717) is 18.1 Å². The average Bonchev–Trinajstić information content (AvgIpc) is 3.01. The van der Waals surface area contributed by atoms with Crippen LogP contribution >= 0.6 is 0 Å². The molecule has 1 saturated heterocycles. The quantitative estimate of drug-likeness (QED) is 0.889. The lowest BCUT2D eigenvalue weighted by Gasteiger charge is -2.21. The van der Waals surface area contributed by atoms with Gasteiger partial charge in [0.25, 0.3) is 0 Å². The van der Waals surface area contributed by atoms with Crippen molar-refractivity contribution in [2.75, 3.05) is 31.9 Å². The van der Waals surface area contributed by atoms with Gasteiger partial charge >= 0.3 is 6.09 Å². The smallest absolute Gasteiger partial charge is 0.414 e. The Morgan fingerprint density at radius 1 is 1.32 bits per heavy atom. The second-order valence-electron chi connectivity index (χ2n) is 4.53. The Labute approximate surface area is 111 Å². The third-order valence-electron chi connectivity index (χ3n) is 3.32. The number of rotatable bonds is 4. The van der Waals surface area contributed by atoms with Crippen LogP contribution in [0.5, 0.6) is 11.5 Å². The van der Waals surface area contributed by atoms with Gasteiger partial charge in [0.1, 0.15) is 6.61 Å². The second kappa shape index (κ2) is 4.97. The highest BCUT2D eigenvalue weighted by Gasteiger charge is 2.34. The molecule has 1 aromatic rings. The van der Waals surface area contributed by atoms with E-state index in [1.165, 1.54) is 0 Å². The van der Waals surface area contributed by atoms with Crippen molar-refractivity contribution in [3.63, 3.8) is 0 Å². The number of nitrogens with zero attached hydrogens (tertiary/aromatic N) is 1. The summed E-state index contributed by atoms with van der Waals surface area (Å²) in [5.41, 5.74) is 0.785. The summed E-state index contributed by atoms with van der Waals surface area (Å²) >= 11 is 0. The van der Waals surface area contributed by atoms with Crippen LogP contribution in [0.2, 0.25) is 0 Å². The van der Waals surface area contributed by atoms with Gasteiger partial charge in [0, 0.05) is 6.07 Å². The lowest BCUT2D eigenvalue weighted by atomic mass is 10.1. The van der Waals surface area contributed by atoms with Crippen LogP contribution in [0.25, 0.3) is 0 Å². The lowest BCUT2D eigenvalue weighted by Crippen LogP contribution is -2.35. The van der Waals surface area contributed by atoms with E-state index in [2.05, 4.69) is 5.32 Å². The van der Waals surface area contributed by atoms with Gasteiger partial charge in [-0.1, -0.05) is 0 Å². The van der Waals surface area contributed by atoms with Crippen LogP contribution < -0.4 is 19.7 Å². The van der Waals surface area contributed by atoms with E-state index >= 15 is 0 Å². The average molecular weight is 264 g/mol. The van der Waals surface area contributed by atoms with Crippen molar-refractivity contribution >= 4 is 11.8 Å². The van der Waals surface area contributed by atoms with Gasteiger partial charge in [-0.05, 0) is 32.1 Å². The molecule has 1 fully saturated rings. The summed E-state index contributed by atoms with van der Waals surface area (Å²) in [5.74, 6) is 1.38. The molecule has 6 nitrogen and oxygen atoms in total. The van der Waals surface area contributed by atoms with Crippen molar-refractivity contribution in [2.24, 2.45) is 0 Å². The normalized spacial score (nSPS) is 20.8. The zero-order valence-electron chi connectivity index (χ0n) is 10.7. The molecule has 0 aliphatic carbocycles. The molecule has 1 aromatic carbocycles. The van der Waals surface area contributed by atoms with Gasteiger partial charge in [0.05, 0.1) is 11.7 Å². The second-order valence-corrected chi connectivity index (χ2v) is 4.53. The molecule has 2 heterocycles. The number of anilines is 1. The fourth-order valence-corrected chi connectivity index (χ4v) is 2.34. The Hall–Kier alpha value is -1.95. The number of carbonyl (C=O) groups excluding carboxylic acids is 1. The van der Waals surface area contributed by atoms with E-state index in [-0.39, 0.29) is 18.9 Å². The molecule has 0 bridgehead atoms. The monoisotopic (exact) mass is 264 g/mol. The Morgan fingerprint density at radius 2 is 2.16 bits per heavy atom. The molecule has 2 aliphatic heterocycles. The predicted molar refractivity (Wildman–Crippen MR) is 68.7 cm³/mol. The van der Waals surface area contributed by atoms with Gasteiger partial charge in [-0.25, -0.2) is 4.79 Å². The topological polar surface area (TPSA) is 60.0 Å². The predicted octanol–water partition coefficient (Wildman–Crippen LogP) is 1.35. The summed E-state index contributed by atoms with van der Waals surface area (Å²) in [7, 11) is 1.89. The summed E-state index contributed by atoms with van der Waals surface area (Å²) in [4.78, 5) is 13.5. The Bertz CT molecular complexity index is 492. The number of hydrogen-bond donors (Lipinski definition) is 1. The van der Waals surface area contributed by atoms with E-state index in [0.717, 1.165) is 18.7 Å². The van der Waals surface area contributed by atoms with Crippen molar-refractivity contribution < 1.29 is 19.0 Å². The number of ether oxygens (including phenoxy) is 3. The molecule has 1 atom stereocenters. The molecule has 19 heavy (non-hydrogen) atoms. The molecule has 102 valence electrons. The van der Waals surface area contributed by atoms with Gasteiger partial charge in [-0.15, -0.1) is 0 Å². The van der Waals surface area contributed by atoms with Crippen LogP contribution in [0.1, 0.15) is 6.42 Å². The van der Waals surface area contributed by atoms with Gasteiger partial charge in [0.2, 0.25) is 6.79 Å². The van der Waals surface area contributed by atoms with Crippen LogP contribution in [0.4, 0.5) is 10.5 Å². The lowest BCUT2D eigenvalue weighted by molar-refractivity contribution is 0.174. The maximum atomic E-state index is 11.9. The largest absolute Gasteiger partial charge is 0.454 e. The Kier molecular flexibility index (Phi) is 3.16. The molecule has 1 amide bonds. The minimum absolute atomic E-state index is 0.0559. The number of hydrogen-bond acceptors (Lipinski definition) is 5. The summed E-state index contributed by atoms with van der Waals surface area (Å²) in [6, 6.07) is 5.55. The number of carbonyl (C=O) groups is 1. The van der Waals surface area contributed by atoms with E-state index in [1.807, 2.05) is 25.2 Å². The van der Waals surface area contributed by atoms with E-state index in [1.54, 1.807) is 4.90 Å². The highest BCUT2D eigenvalue weighted by molar-refractivity contribution is 5.90. The molecule has 1 unspecified atom stereocenters. The first-order chi connectivity index (χ1) is 9.29. The van der Waals surface area contributed by atoms with Crippen molar-refractivity contribution in [1.82, 2.24) is 5.32 Å². The number of benzene rings is 1. The van der Waals surface area contributed by atoms with Gasteiger partial charge in [-0.2, -0.15) is 0 Å². The van der Waals surface area contributed by atoms with E-state index in [9.17, 15) is 4.79 Å². The highest BCUT2D eigenvalue weighted by atomic mass is 16.7. The van der Waals surface area contributed by atoms with Gasteiger partial charge in [-0.3, -0.25) is 4.90 Å². The molecule has 0 spiro atoms. The van der Waals surface area contributed by atoms with E-state index < -0.39 is 0 Å². The minimum Gasteiger partial charge on any atom is -0.454 e. The summed E-state index contributed by atoms with van der Waals surface area (Å²) in [5, 5.41) is 3.08.